The summed E-state index contributed by atoms with van der Waals surface area (Å²) in [7, 11) is 8.65. The lowest BCUT2D eigenvalue weighted by Crippen LogP contribution is -2.42. The molecule has 25 heavy (non-hydrogen) atoms. The third-order valence-electron chi connectivity index (χ3n) is 4.54. The summed E-state index contributed by atoms with van der Waals surface area (Å²) >= 11 is 0. The van der Waals surface area contributed by atoms with Crippen LogP contribution in [0.15, 0.2) is 0 Å². The summed E-state index contributed by atoms with van der Waals surface area (Å²) in [5.74, 6) is 0. The number of hydrogen-bond acceptors (Lipinski definition) is 5. The normalized spacial score (nSPS) is 23.3. The highest BCUT2D eigenvalue weighted by Gasteiger charge is 2.07. The molecule has 3 heterocycles. The van der Waals surface area contributed by atoms with Crippen molar-refractivity contribution in [2.24, 2.45) is 0 Å². The fourth-order valence-electron chi connectivity index (χ4n) is 2.61. The van der Waals surface area contributed by atoms with Crippen molar-refractivity contribution in [2.75, 3.05) is 93.8 Å². The molecular formula is C20H46N4O. The zero-order valence-corrected chi connectivity index (χ0v) is 18.1. The van der Waals surface area contributed by atoms with Crippen molar-refractivity contribution in [2.45, 2.75) is 39.5 Å². The summed E-state index contributed by atoms with van der Waals surface area (Å²) in [6.45, 7) is 15.8. The van der Waals surface area contributed by atoms with Gasteiger partial charge >= 0.3 is 0 Å². The van der Waals surface area contributed by atoms with E-state index >= 15 is 0 Å². The number of nitrogens with zero attached hydrogens (tertiary/aromatic N) is 4. The van der Waals surface area contributed by atoms with Crippen LogP contribution in [-0.2, 0) is 4.74 Å². The van der Waals surface area contributed by atoms with Crippen molar-refractivity contribution >= 4 is 0 Å². The number of piperazine rings is 1. The smallest absolute Gasteiger partial charge is 0.0594 e. The number of rotatable bonds is 0. The van der Waals surface area contributed by atoms with Crippen molar-refractivity contribution in [3.8, 4) is 0 Å². The average Bonchev–Trinajstić information content (AvgIpc) is 2.61. The van der Waals surface area contributed by atoms with Crippen LogP contribution >= 0.6 is 0 Å². The number of likely N-dealkylation sites (N-methyl/N-ethyl adjacent to an activating group) is 3. The minimum atomic E-state index is 0.913. The van der Waals surface area contributed by atoms with E-state index in [0.29, 0.717) is 0 Å². The van der Waals surface area contributed by atoms with Crippen LogP contribution in [0.3, 0.4) is 0 Å². The van der Waals surface area contributed by atoms with E-state index in [1.807, 2.05) is 0 Å². The van der Waals surface area contributed by atoms with Crippen LogP contribution in [0.4, 0.5) is 0 Å². The van der Waals surface area contributed by atoms with E-state index in [2.05, 4.69) is 61.6 Å². The van der Waals surface area contributed by atoms with Crippen LogP contribution < -0.4 is 0 Å². The average molecular weight is 359 g/mol. The number of piperidine rings is 1. The maximum atomic E-state index is 5.10. The molecule has 0 spiro atoms. The molecule has 0 unspecified atom stereocenters. The molecule has 3 fully saturated rings. The van der Waals surface area contributed by atoms with Gasteiger partial charge in [-0.05, 0) is 54.1 Å². The van der Waals surface area contributed by atoms with Crippen LogP contribution in [0.2, 0.25) is 0 Å². The molecule has 3 saturated heterocycles. The molecule has 0 aliphatic carbocycles. The van der Waals surface area contributed by atoms with Crippen molar-refractivity contribution in [1.82, 2.24) is 19.6 Å². The molecule has 3 aliphatic heterocycles. The SMILES string of the molecule is CCC.CN1CCCCC1.CN1CCN(C)CC1.CN1CCOCC1. The number of morpholine rings is 1. The van der Waals surface area contributed by atoms with Gasteiger partial charge in [0.15, 0.2) is 0 Å². The van der Waals surface area contributed by atoms with Gasteiger partial charge in [0.25, 0.3) is 0 Å². The zero-order valence-electron chi connectivity index (χ0n) is 18.1. The summed E-state index contributed by atoms with van der Waals surface area (Å²) in [5.41, 5.74) is 0. The van der Waals surface area contributed by atoms with Gasteiger partial charge in [0.05, 0.1) is 13.2 Å². The molecule has 0 atom stereocenters. The standard InChI is InChI=1S/C6H14N2.C6H13N.C5H11NO.C3H8/c1-7-3-5-8(2)6-4-7;1-7-5-3-2-4-6-7;1-6-2-4-7-5-3-6;1-3-2/h3-6H2,1-2H3;2-6H2,1H3;2-5H2,1H3;3H2,1-2H3. The maximum absolute atomic E-state index is 5.10. The zero-order chi connectivity index (χ0) is 18.9. The van der Waals surface area contributed by atoms with Crippen molar-refractivity contribution in [3.05, 3.63) is 0 Å². The highest BCUT2D eigenvalue weighted by Crippen LogP contribution is 2.04. The molecule has 0 radical (unpaired) electrons. The van der Waals surface area contributed by atoms with Gasteiger partial charge in [-0.15, -0.1) is 0 Å². The molecule has 0 aromatic rings. The van der Waals surface area contributed by atoms with Gasteiger partial charge in [-0.2, -0.15) is 0 Å². The molecule has 5 heteroatoms. The molecule has 152 valence electrons. The second-order valence-electron chi connectivity index (χ2n) is 7.59. The van der Waals surface area contributed by atoms with Crippen LogP contribution in [0, 0.1) is 0 Å². The lowest BCUT2D eigenvalue weighted by Gasteiger charge is -2.28. The van der Waals surface area contributed by atoms with Crippen LogP contribution in [0.1, 0.15) is 39.5 Å². The Balaban J connectivity index is 0.000000321. The maximum Gasteiger partial charge on any atom is 0.0594 e. The predicted octanol–water partition coefficient (Wildman–Crippen LogP) is 2.33. The van der Waals surface area contributed by atoms with Gasteiger partial charge in [0.1, 0.15) is 0 Å². The molecule has 0 bridgehead atoms. The first kappa shape index (κ1) is 24.8. The fourth-order valence-corrected chi connectivity index (χ4v) is 2.61. The molecule has 0 amide bonds. The molecular weight excluding hydrogens is 312 g/mol. The first-order valence-corrected chi connectivity index (χ1v) is 10.3. The fraction of sp³-hybridized carbons (Fsp3) is 1.00. The Hall–Kier alpha value is -0.200. The Bertz CT molecular complexity index is 232. The van der Waals surface area contributed by atoms with E-state index in [9.17, 15) is 0 Å². The molecule has 0 saturated carbocycles. The van der Waals surface area contributed by atoms with E-state index in [1.165, 1.54) is 65.0 Å². The van der Waals surface area contributed by atoms with E-state index < -0.39 is 0 Å². The van der Waals surface area contributed by atoms with Gasteiger partial charge in [-0.25, -0.2) is 0 Å². The summed E-state index contributed by atoms with van der Waals surface area (Å²) in [5, 5.41) is 0. The van der Waals surface area contributed by atoms with E-state index in [-0.39, 0.29) is 0 Å². The molecule has 0 aromatic carbocycles. The van der Waals surface area contributed by atoms with Gasteiger partial charge in [0.2, 0.25) is 0 Å². The van der Waals surface area contributed by atoms with Crippen molar-refractivity contribution in [1.29, 1.82) is 0 Å². The van der Waals surface area contributed by atoms with Crippen LogP contribution in [-0.4, -0.2) is 113 Å². The van der Waals surface area contributed by atoms with Gasteiger partial charge in [-0.3, -0.25) is 0 Å². The minimum absolute atomic E-state index is 0.913. The van der Waals surface area contributed by atoms with Gasteiger partial charge in [0, 0.05) is 39.3 Å². The summed E-state index contributed by atoms with van der Waals surface area (Å²) < 4.78 is 5.10. The highest BCUT2D eigenvalue weighted by atomic mass is 16.5. The summed E-state index contributed by atoms with van der Waals surface area (Å²) in [4.78, 5) is 9.38. The quantitative estimate of drug-likeness (QED) is 0.661. The summed E-state index contributed by atoms with van der Waals surface area (Å²) in [6, 6.07) is 0. The Morgan fingerprint density at radius 1 is 0.520 bits per heavy atom. The van der Waals surface area contributed by atoms with E-state index in [4.69, 9.17) is 4.74 Å². The number of likely N-dealkylation sites (tertiary alicyclic amines) is 1. The number of ether oxygens (including phenoxy) is 1. The minimum Gasteiger partial charge on any atom is -0.379 e. The topological polar surface area (TPSA) is 22.2 Å². The predicted molar refractivity (Wildman–Crippen MR) is 111 cm³/mol. The van der Waals surface area contributed by atoms with E-state index in [1.54, 1.807) is 0 Å². The van der Waals surface area contributed by atoms with Gasteiger partial charge < -0.3 is 24.3 Å². The second-order valence-corrected chi connectivity index (χ2v) is 7.59. The van der Waals surface area contributed by atoms with Gasteiger partial charge in [-0.1, -0.05) is 26.7 Å². The van der Waals surface area contributed by atoms with Crippen molar-refractivity contribution in [3.63, 3.8) is 0 Å². The van der Waals surface area contributed by atoms with E-state index in [0.717, 1.165) is 26.3 Å². The second kappa shape index (κ2) is 17.2. The monoisotopic (exact) mass is 358 g/mol. The van der Waals surface area contributed by atoms with Crippen molar-refractivity contribution < 1.29 is 4.74 Å². The lowest BCUT2D eigenvalue weighted by atomic mass is 10.1. The Labute approximate surface area is 158 Å². The first-order chi connectivity index (χ1) is 12.0. The third kappa shape index (κ3) is 17.0. The van der Waals surface area contributed by atoms with Crippen LogP contribution in [0.5, 0.6) is 0 Å². The molecule has 3 rings (SSSR count). The Morgan fingerprint density at radius 2 is 0.840 bits per heavy atom. The Morgan fingerprint density at radius 3 is 1.08 bits per heavy atom. The molecule has 3 aliphatic rings. The first-order valence-electron chi connectivity index (χ1n) is 10.3. The molecule has 5 nitrogen and oxygen atoms in total. The summed E-state index contributed by atoms with van der Waals surface area (Å²) in [6.07, 6.45) is 5.53. The molecule has 0 N–H and O–H groups in total. The molecule has 0 aromatic heterocycles. The van der Waals surface area contributed by atoms with Crippen LogP contribution in [0.25, 0.3) is 0 Å². The largest absolute Gasteiger partial charge is 0.379 e. The third-order valence-corrected chi connectivity index (χ3v) is 4.54. The number of hydrogen-bond donors (Lipinski definition) is 0. The lowest BCUT2D eigenvalue weighted by molar-refractivity contribution is 0.0503. The Kier molecular flexibility index (Phi) is 17.1. The highest BCUT2D eigenvalue weighted by molar-refractivity contribution is 4.64.